The summed E-state index contributed by atoms with van der Waals surface area (Å²) in [5, 5.41) is 0. The molecule has 0 amide bonds. The van der Waals surface area contributed by atoms with Gasteiger partial charge in [-0.1, -0.05) is 0 Å². The van der Waals surface area contributed by atoms with Gasteiger partial charge in [-0.2, -0.15) is 0 Å². The fourth-order valence-corrected chi connectivity index (χ4v) is 0. The molecule has 0 aliphatic heterocycles. The van der Waals surface area contributed by atoms with Crippen LogP contribution in [0.5, 0.6) is 0 Å². The van der Waals surface area contributed by atoms with Gasteiger partial charge in [0.2, 0.25) is 0 Å². The van der Waals surface area contributed by atoms with Crippen LogP contribution in [0.25, 0.3) is 0 Å². The number of hydrogen-bond acceptors (Lipinski definition) is 0. The predicted octanol–water partition coefficient (Wildman–Crippen LogP) is 2.17. The van der Waals surface area contributed by atoms with Crippen LogP contribution in [-0.2, 0) is 18.3 Å². The van der Waals surface area contributed by atoms with E-state index in [9.17, 15) is 0 Å². The molecule has 35 valence electrons. The Hall–Kier alpha value is 0.913. The molecular weight excluding hydrogens is 149 g/mol. The SMILES string of the molecule is CC[CH](C)[Zn].Cl. The Morgan fingerprint density at radius 3 is 1.83 bits per heavy atom. The second-order valence-corrected chi connectivity index (χ2v) is 4.44. The number of halogens is 1. The van der Waals surface area contributed by atoms with E-state index in [1.165, 1.54) is 24.7 Å². The first kappa shape index (κ1) is 10.0. The van der Waals surface area contributed by atoms with E-state index >= 15 is 0 Å². The van der Waals surface area contributed by atoms with E-state index in [0.29, 0.717) is 0 Å². The number of rotatable bonds is 1. The van der Waals surface area contributed by atoms with E-state index in [1.807, 2.05) is 0 Å². The Morgan fingerprint density at radius 2 is 1.83 bits per heavy atom. The topological polar surface area (TPSA) is 0 Å². The maximum atomic E-state index is 2.28. The molecule has 0 aliphatic carbocycles. The molecule has 0 aromatic heterocycles. The third kappa shape index (κ3) is 8.87. The molecule has 0 heterocycles. The fourth-order valence-electron chi connectivity index (χ4n) is 0. The van der Waals surface area contributed by atoms with Gasteiger partial charge in [-0.25, -0.2) is 0 Å². The molecular formula is C4H10ClZn. The molecule has 0 saturated heterocycles. The van der Waals surface area contributed by atoms with Crippen LogP contribution in [-0.4, -0.2) is 0 Å². The molecule has 0 saturated carbocycles. The molecule has 0 radical (unpaired) electrons. The van der Waals surface area contributed by atoms with Gasteiger partial charge in [-0.3, -0.25) is 0 Å². The Balaban J connectivity index is 0. The van der Waals surface area contributed by atoms with Gasteiger partial charge in [0.25, 0.3) is 0 Å². The van der Waals surface area contributed by atoms with E-state index in [1.54, 1.807) is 0 Å². The maximum absolute atomic E-state index is 2.28. The molecule has 0 aromatic carbocycles. The van der Waals surface area contributed by atoms with Crippen molar-refractivity contribution in [1.82, 2.24) is 0 Å². The number of hydrogen-bond donors (Lipinski definition) is 0. The molecule has 6 heavy (non-hydrogen) atoms. The third-order valence-electron chi connectivity index (χ3n) is 0.697. The molecule has 0 aromatic rings. The van der Waals surface area contributed by atoms with Gasteiger partial charge in [-0.05, 0) is 0 Å². The molecule has 0 bridgehead atoms. The monoisotopic (exact) mass is 157 g/mol. The molecule has 0 aliphatic rings. The molecule has 0 N–H and O–H groups in total. The molecule has 0 spiro atoms. The minimum absolute atomic E-state index is 0. The van der Waals surface area contributed by atoms with Gasteiger partial charge >= 0.3 is 43.1 Å². The summed E-state index contributed by atoms with van der Waals surface area (Å²) >= 11 is 1.45. The van der Waals surface area contributed by atoms with Gasteiger partial charge in [0.1, 0.15) is 0 Å². The minimum atomic E-state index is 0. The van der Waals surface area contributed by atoms with E-state index in [4.69, 9.17) is 0 Å². The maximum Gasteiger partial charge on any atom is -0.147 e. The van der Waals surface area contributed by atoms with E-state index in [0.717, 1.165) is 4.51 Å². The zero-order chi connectivity index (χ0) is 4.28. The summed E-state index contributed by atoms with van der Waals surface area (Å²) in [6, 6.07) is 0. The van der Waals surface area contributed by atoms with E-state index in [-0.39, 0.29) is 12.4 Å². The van der Waals surface area contributed by atoms with Gasteiger partial charge < -0.3 is 0 Å². The molecule has 1 atom stereocenters. The molecule has 0 rings (SSSR count). The standard InChI is InChI=1S/C4H9.ClH.Zn/c1-3-4-2;;/h3H,4H2,1-2H3;1H;. The first-order valence-corrected chi connectivity index (χ1v) is 3.81. The van der Waals surface area contributed by atoms with Crippen LogP contribution in [0, 0.1) is 0 Å². The Morgan fingerprint density at radius 1 is 1.67 bits per heavy atom. The summed E-state index contributed by atoms with van der Waals surface area (Å²) in [5.41, 5.74) is 0. The zero-order valence-corrected chi connectivity index (χ0v) is 8.18. The van der Waals surface area contributed by atoms with Crippen molar-refractivity contribution in [2.75, 3.05) is 0 Å². The van der Waals surface area contributed by atoms with Crippen molar-refractivity contribution < 1.29 is 18.3 Å². The van der Waals surface area contributed by atoms with Crippen LogP contribution in [0.2, 0.25) is 4.51 Å². The summed E-state index contributed by atoms with van der Waals surface area (Å²) in [7, 11) is 0. The van der Waals surface area contributed by atoms with E-state index < -0.39 is 0 Å². The second kappa shape index (κ2) is 5.91. The van der Waals surface area contributed by atoms with E-state index in [2.05, 4.69) is 13.8 Å². The van der Waals surface area contributed by atoms with Crippen molar-refractivity contribution >= 4 is 12.4 Å². The zero-order valence-electron chi connectivity index (χ0n) is 4.40. The fraction of sp³-hybridized carbons (Fsp3) is 1.00. The second-order valence-electron chi connectivity index (χ2n) is 1.51. The average molecular weight is 159 g/mol. The molecule has 2 heteroatoms. The van der Waals surface area contributed by atoms with Gasteiger partial charge in [0.05, 0.1) is 0 Å². The normalized spacial score (nSPS) is 12.7. The van der Waals surface area contributed by atoms with Crippen molar-refractivity contribution in [3.8, 4) is 0 Å². The smallest absolute Gasteiger partial charge is 0.147 e. The van der Waals surface area contributed by atoms with Gasteiger partial charge in [0, 0.05) is 0 Å². The van der Waals surface area contributed by atoms with Crippen LogP contribution in [0.3, 0.4) is 0 Å². The van der Waals surface area contributed by atoms with Gasteiger partial charge in [-0.15, -0.1) is 12.4 Å². The quantitative estimate of drug-likeness (QED) is 0.514. The minimum Gasteiger partial charge on any atom is -0.147 e. The van der Waals surface area contributed by atoms with Crippen molar-refractivity contribution in [3.05, 3.63) is 0 Å². The summed E-state index contributed by atoms with van der Waals surface area (Å²) in [6.07, 6.45) is 1.36. The Kier molecular flexibility index (Phi) is 9.87. The van der Waals surface area contributed by atoms with Crippen molar-refractivity contribution in [2.24, 2.45) is 0 Å². The summed E-state index contributed by atoms with van der Waals surface area (Å²) in [4.78, 5) is 0. The summed E-state index contributed by atoms with van der Waals surface area (Å²) < 4.78 is 1.01. The largest absolute Gasteiger partial charge is 0.147 e. The Bertz CT molecular complexity index is 21.5. The first-order valence-electron chi connectivity index (χ1n) is 2.10. The van der Waals surface area contributed by atoms with Crippen molar-refractivity contribution in [3.63, 3.8) is 0 Å². The summed E-state index contributed by atoms with van der Waals surface area (Å²) in [5.74, 6) is 0. The van der Waals surface area contributed by atoms with Crippen LogP contribution >= 0.6 is 12.4 Å². The predicted molar refractivity (Wildman–Crippen MR) is 27.0 cm³/mol. The molecule has 1 unspecified atom stereocenters. The molecule has 0 nitrogen and oxygen atoms in total. The third-order valence-corrected chi connectivity index (χ3v) is 1.91. The van der Waals surface area contributed by atoms with Crippen LogP contribution in [0.15, 0.2) is 0 Å². The van der Waals surface area contributed by atoms with Crippen molar-refractivity contribution in [2.45, 2.75) is 24.8 Å². The molecule has 0 fully saturated rings. The van der Waals surface area contributed by atoms with Crippen LogP contribution in [0.1, 0.15) is 20.3 Å². The van der Waals surface area contributed by atoms with Crippen molar-refractivity contribution in [1.29, 1.82) is 0 Å². The van der Waals surface area contributed by atoms with Crippen LogP contribution in [0.4, 0.5) is 0 Å². The summed E-state index contributed by atoms with van der Waals surface area (Å²) in [6.45, 7) is 4.51. The van der Waals surface area contributed by atoms with Crippen LogP contribution < -0.4 is 0 Å². The first-order chi connectivity index (χ1) is 2.27. The van der Waals surface area contributed by atoms with Gasteiger partial charge in [0.15, 0.2) is 0 Å². The Labute approximate surface area is 55.8 Å². The average Bonchev–Trinajstić information content (AvgIpc) is 1.38.